The molecule has 1 aliphatic carbocycles. The third kappa shape index (κ3) is 4.78. The summed E-state index contributed by atoms with van der Waals surface area (Å²) in [6.45, 7) is 1.00. The zero-order valence-electron chi connectivity index (χ0n) is 13.7. The average molecular weight is 411 g/mol. The number of nitrogens with two attached hydrogens (primary N) is 1. The minimum Gasteiger partial charge on any atom is -0.378 e. The van der Waals surface area contributed by atoms with Gasteiger partial charge in [-0.3, -0.25) is 0 Å². The number of ether oxygens (including phenoxy) is 1. The Morgan fingerprint density at radius 2 is 2.12 bits per heavy atom. The molecule has 1 heterocycles. The van der Waals surface area contributed by atoms with Crippen molar-refractivity contribution in [1.82, 2.24) is 10.3 Å². The summed E-state index contributed by atoms with van der Waals surface area (Å²) in [6.07, 6.45) is 3.63. The first-order valence-corrected chi connectivity index (χ1v) is 8.67. The molecule has 0 amide bonds. The van der Waals surface area contributed by atoms with E-state index in [4.69, 9.17) is 10.5 Å². The Morgan fingerprint density at radius 3 is 2.75 bits per heavy atom. The van der Waals surface area contributed by atoms with E-state index in [0.717, 1.165) is 21.1 Å². The molecule has 1 aliphatic rings. The van der Waals surface area contributed by atoms with Crippen molar-refractivity contribution in [3.8, 4) is 10.4 Å². The Hall–Kier alpha value is -1.44. The Kier molecular flexibility index (Phi) is 7.20. The van der Waals surface area contributed by atoms with E-state index in [1.54, 1.807) is 18.4 Å². The van der Waals surface area contributed by atoms with E-state index in [-0.39, 0.29) is 17.0 Å². The van der Waals surface area contributed by atoms with Crippen LogP contribution in [0.3, 0.4) is 0 Å². The summed E-state index contributed by atoms with van der Waals surface area (Å²) < 4.78 is 5.21. The summed E-state index contributed by atoms with van der Waals surface area (Å²) in [5.74, 6) is 0.509. The van der Waals surface area contributed by atoms with Crippen molar-refractivity contribution >= 4 is 34.3 Å². The topological polar surface area (TPSA) is 72.5 Å². The highest BCUT2D eigenvalue weighted by molar-refractivity contribution is 8.93. The molecule has 0 saturated heterocycles. The van der Waals surface area contributed by atoms with Crippen LogP contribution in [0.15, 0.2) is 35.3 Å². The van der Waals surface area contributed by atoms with Crippen LogP contribution in [0.4, 0.5) is 0 Å². The maximum atomic E-state index is 5.98. The molecule has 1 aromatic carbocycles. The zero-order chi connectivity index (χ0) is 16.1. The Morgan fingerprint density at radius 1 is 1.38 bits per heavy atom. The Balaban J connectivity index is 0.00000208. The molecular weight excluding hydrogens is 388 g/mol. The minimum atomic E-state index is 0. The molecule has 0 spiro atoms. The maximum absolute atomic E-state index is 5.98. The fraction of sp³-hybridized carbons (Fsp3) is 0.412. The molecule has 0 atom stereocenters. The van der Waals surface area contributed by atoms with Crippen molar-refractivity contribution in [3.63, 3.8) is 0 Å². The number of aromatic nitrogens is 1. The number of nitrogens with zero attached hydrogens (tertiary/aromatic N) is 2. The van der Waals surface area contributed by atoms with Gasteiger partial charge in [0.1, 0.15) is 5.01 Å². The average Bonchev–Trinajstić information content (AvgIpc) is 2.93. The second-order valence-electron chi connectivity index (χ2n) is 5.66. The molecule has 0 unspecified atom stereocenters. The number of benzene rings is 1. The molecule has 3 N–H and O–H groups in total. The van der Waals surface area contributed by atoms with Gasteiger partial charge in [-0.2, -0.15) is 0 Å². The first-order chi connectivity index (χ1) is 11.3. The van der Waals surface area contributed by atoms with Gasteiger partial charge >= 0.3 is 0 Å². The molecule has 2 aromatic rings. The van der Waals surface area contributed by atoms with Gasteiger partial charge in [-0.05, 0) is 24.8 Å². The molecule has 0 radical (unpaired) electrons. The summed E-state index contributed by atoms with van der Waals surface area (Å²) in [6, 6.07) is 10.8. The molecule has 7 heteroatoms. The number of hydrogen-bond donors (Lipinski definition) is 2. The van der Waals surface area contributed by atoms with Gasteiger partial charge in [0.25, 0.3) is 0 Å². The lowest BCUT2D eigenvalue weighted by molar-refractivity contribution is 0.184. The summed E-state index contributed by atoms with van der Waals surface area (Å²) >= 11 is 1.65. The van der Waals surface area contributed by atoms with Gasteiger partial charge < -0.3 is 15.8 Å². The molecule has 1 fully saturated rings. The van der Waals surface area contributed by atoms with Crippen LogP contribution in [0.25, 0.3) is 10.4 Å². The van der Waals surface area contributed by atoms with Crippen LogP contribution < -0.4 is 11.1 Å². The number of halogens is 1. The quantitative estimate of drug-likeness (QED) is 0.564. The highest BCUT2D eigenvalue weighted by Crippen LogP contribution is 2.31. The van der Waals surface area contributed by atoms with Crippen LogP contribution in [0, 0.1) is 0 Å². The predicted octanol–water partition coefficient (Wildman–Crippen LogP) is 3.49. The molecule has 24 heavy (non-hydrogen) atoms. The number of methoxy groups -OCH3 is 1. The van der Waals surface area contributed by atoms with Gasteiger partial charge in [0.05, 0.1) is 23.7 Å². The Labute approximate surface area is 157 Å². The van der Waals surface area contributed by atoms with Crippen molar-refractivity contribution in [1.29, 1.82) is 0 Å². The van der Waals surface area contributed by atoms with E-state index < -0.39 is 0 Å². The molecule has 0 bridgehead atoms. The normalized spacial score (nSPS) is 14.8. The second-order valence-corrected chi connectivity index (χ2v) is 6.74. The number of aliphatic imine (C=N–C) groups is 1. The van der Waals surface area contributed by atoms with Crippen LogP contribution in [-0.4, -0.2) is 24.1 Å². The van der Waals surface area contributed by atoms with Crippen LogP contribution in [-0.2, 0) is 17.9 Å². The first-order valence-electron chi connectivity index (χ1n) is 7.85. The van der Waals surface area contributed by atoms with Crippen molar-refractivity contribution in [2.75, 3.05) is 7.11 Å². The van der Waals surface area contributed by atoms with E-state index in [9.17, 15) is 0 Å². The van der Waals surface area contributed by atoms with Gasteiger partial charge in [-0.15, -0.1) is 28.3 Å². The van der Waals surface area contributed by atoms with Crippen molar-refractivity contribution in [3.05, 3.63) is 41.0 Å². The first kappa shape index (κ1) is 18.9. The van der Waals surface area contributed by atoms with Crippen LogP contribution in [0.1, 0.15) is 30.0 Å². The van der Waals surface area contributed by atoms with Gasteiger partial charge in [-0.1, -0.05) is 30.3 Å². The van der Waals surface area contributed by atoms with Gasteiger partial charge in [0, 0.05) is 13.2 Å². The predicted molar refractivity (Wildman–Crippen MR) is 105 cm³/mol. The largest absolute Gasteiger partial charge is 0.378 e. The minimum absolute atomic E-state index is 0. The number of guanidine groups is 1. The summed E-state index contributed by atoms with van der Waals surface area (Å²) in [5.41, 5.74) is 8.08. The number of nitrogens with one attached hydrogen (secondary N) is 1. The fourth-order valence-electron chi connectivity index (χ4n) is 2.48. The summed E-state index contributed by atoms with van der Waals surface area (Å²) in [7, 11) is 1.68. The fourth-order valence-corrected chi connectivity index (χ4v) is 3.53. The lowest BCUT2D eigenvalue weighted by atomic mass is 9.93. The standard InChI is InChI=1S/C17H22N4OS.BrH/c1-22-11-15-21-14(10-19-17(18)20-13-8-5-9-13)16(23-15)12-6-3-2-4-7-12;/h2-4,6-7,13H,5,8-11H2,1H3,(H3,18,19,20);1H. The van der Waals surface area contributed by atoms with Crippen molar-refractivity contribution in [2.24, 2.45) is 10.7 Å². The second kappa shape index (κ2) is 9.15. The van der Waals surface area contributed by atoms with Crippen LogP contribution in [0.5, 0.6) is 0 Å². The Bertz CT molecular complexity index is 670. The highest BCUT2D eigenvalue weighted by Gasteiger charge is 2.17. The van der Waals surface area contributed by atoms with Gasteiger partial charge in [-0.25, -0.2) is 9.98 Å². The maximum Gasteiger partial charge on any atom is 0.189 e. The smallest absolute Gasteiger partial charge is 0.189 e. The third-order valence-electron chi connectivity index (χ3n) is 3.90. The van der Waals surface area contributed by atoms with E-state index in [2.05, 4.69) is 27.4 Å². The van der Waals surface area contributed by atoms with E-state index in [1.807, 2.05) is 18.2 Å². The van der Waals surface area contributed by atoms with Crippen molar-refractivity contribution < 1.29 is 4.74 Å². The highest BCUT2D eigenvalue weighted by atomic mass is 79.9. The lowest BCUT2D eigenvalue weighted by Crippen LogP contribution is -2.43. The monoisotopic (exact) mass is 410 g/mol. The summed E-state index contributed by atoms with van der Waals surface area (Å²) in [5, 5.41) is 4.22. The summed E-state index contributed by atoms with van der Waals surface area (Å²) in [4.78, 5) is 10.3. The van der Waals surface area contributed by atoms with Crippen LogP contribution >= 0.6 is 28.3 Å². The third-order valence-corrected chi connectivity index (χ3v) is 5.02. The molecule has 1 saturated carbocycles. The van der Waals surface area contributed by atoms with E-state index in [0.29, 0.717) is 25.2 Å². The van der Waals surface area contributed by atoms with E-state index >= 15 is 0 Å². The molecule has 0 aliphatic heterocycles. The van der Waals surface area contributed by atoms with E-state index in [1.165, 1.54) is 19.3 Å². The zero-order valence-corrected chi connectivity index (χ0v) is 16.2. The van der Waals surface area contributed by atoms with Crippen LogP contribution in [0.2, 0.25) is 0 Å². The number of hydrogen-bond acceptors (Lipinski definition) is 4. The van der Waals surface area contributed by atoms with Crippen molar-refractivity contribution in [2.45, 2.75) is 38.5 Å². The molecular formula is C17H23BrN4OS. The number of thiazole rings is 1. The molecule has 5 nitrogen and oxygen atoms in total. The number of rotatable bonds is 6. The molecule has 1 aromatic heterocycles. The van der Waals surface area contributed by atoms with Gasteiger partial charge in [0.2, 0.25) is 0 Å². The molecule has 3 rings (SSSR count). The molecule has 130 valence electrons. The SMILES string of the molecule is Br.COCc1nc(CN=C(N)NC2CCC2)c(-c2ccccc2)s1. The lowest BCUT2D eigenvalue weighted by Gasteiger charge is -2.26. The van der Waals surface area contributed by atoms with Gasteiger partial charge in [0.15, 0.2) is 5.96 Å².